The van der Waals surface area contributed by atoms with Crippen molar-refractivity contribution in [2.45, 2.75) is 32.4 Å². The van der Waals surface area contributed by atoms with Gasteiger partial charge in [-0.2, -0.15) is 0 Å². The Hall–Kier alpha value is -1.55. The fraction of sp³-hybridized carbons (Fsp3) is 0.462. The molecule has 17 heavy (non-hydrogen) atoms. The Balaban J connectivity index is 2.56. The number of carbonyl (C=O) groups excluding carboxylic acids is 1. The smallest absolute Gasteiger partial charge is 0.239 e. The zero-order chi connectivity index (χ0) is 12.8. The molecule has 1 aromatic carbocycles. The van der Waals surface area contributed by atoms with Crippen molar-refractivity contribution in [3.05, 3.63) is 29.8 Å². The van der Waals surface area contributed by atoms with E-state index in [1.807, 2.05) is 6.92 Å². The van der Waals surface area contributed by atoms with Crippen molar-refractivity contribution in [3.8, 4) is 5.75 Å². The maximum atomic E-state index is 11.9. The normalized spacial score (nSPS) is 12.2. The lowest BCUT2D eigenvalue weighted by atomic mass is 10.1. The molecule has 0 aliphatic rings. The molecular weight excluding hydrogens is 216 g/mol. The average molecular weight is 236 g/mol. The van der Waals surface area contributed by atoms with E-state index in [4.69, 9.17) is 10.8 Å². The number of aromatic hydroxyl groups is 1. The highest BCUT2D eigenvalue weighted by atomic mass is 16.3. The molecule has 0 fully saturated rings. The summed E-state index contributed by atoms with van der Waals surface area (Å²) in [4.78, 5) is 13.5. The monoisotopic (exact) mass is 236 g/mol. The number of phenolic OH excluding ortho intramolecular Hbond substituents is 1. The number of hydrogen-bond donors (Lipinski definition) is 2. The molecule has 0 spiro atoms. The summed E-state index contributed by atoms with van der Waals surface area (Å²) in [5.74, 6) is 0.185. The van der Waals surface area contributed by atoms with Crippen LogP contribution in [0.1, 0.15) is 25.3 Å². The molecule has 1 rings (SSSR count). The first-order valence-electron chi connectivity index (χ1n) is 5.83. The summed E-state index contributed by atoms with van der Waals surface area (Å²) < 4.78 is 0. The molecule has 3 N–H and O–H groups in total. The van der Waals surface area contributed by atoms with Crippen LogP contribution in [0.25, 0.3) is 0 Å². The Labute approximate surface area is 102 Å². The van der Waals surface area contributed by atoms with Gasteiger partial charge in [0.1, 0.15) is 5.75 Å². The summed E-state index contributed by atoms with van der Waals surface area (Å²) in [7, 11) is 1.74. The highest BCUT2D eigenvalue weighted by molar-refractivity contribution is 5.81. The average Bonchev–Trinajstić information content (AvgIpc) is 2.31. The van der Waals surface area contributed by atoms with Crippen molar-refractivity contribution in [1.29, 1.82) is 0 Å². The minimum Gasteiger partial charge on any atom is -0.508 e. The lowest BCUT2D eigenvalue weighted by Crippen LogP contribution is -2.41. The van der Waals surface area contributed by atoms with Gasteiger partial charge in [0.2, 0.25) is 5.91 Å². The molecule has 0 heterocycles. The number of nitrogens with zero attached hydrogens (tertiary/aromatic N) is 1. The van der Waals surface area contributed by atoms with Crippen molar-refractivity contribution < 1.29 is 9.90 Å². The lowest BCUT2D eigenvalue weighted by Gasteiger charge is -2.21. The van der Waals surface area contributed by atoms with Crippen LogP contribution in [0.5, 0.6) is 5.75 Å². The number of carbonyl (C=O) groups is 1. The van der Waals surface area contributed by atoms with Crippen molar-refractivity contribution in [1.82, 2.24) is 4.90 Å². The van der Waals surface area contributed by atoms with Crippen molar-refractivity contribution in [2.24, 2.45) is 5.73 Å². The van der Waals surface area contributed by atoms with Crippen LogP contribution in [0.2, 0.25) is 0 Å². The largest absolute Gasteiger partial charge is 0.508 e. The molecule has 1 atom stereocenters. The van der Waals surface area contributed by atoms with Crippen LogP contribution in [-0.4, -0.2) is 29.0 Å². The zero-order valence-corrected chi connectivity index (χ0v) is 10.4. The Morgan fingerprint density at radius 1 is 1.41 bits per heavy atom. The van der Waals surface area contributed by atoms with Gasteiger partial charge in [-0.25, -0.2) is 0 Å². The highest BCUT2D eigenvalue weighted by Gasteiger charge is 2.16. The summed E-state index contributed by atoms with van der Waals surface area (Å²) in [6.07, 6.45) is 1.61. The topological polar surface area (TPSA) is 66.6 Å². The van der Waals surface area contributed by atoms with E-state index in [0.717, 1.165) is 12.0 Å². The number of benzene rings is 1. The van der Waals surface area contributed by atoms with E-state index in [9.17, 15) is 4.79 Å². The second kappa shape index (κ2) is 6.25. The maximum Gasteiger partial charge on any atom is 0.239 e. The zero-order valence-electron chi connectivity index (χ0n) is 10.4. The van der Waals surface area contributed by atoms with Gasteiger partial charge in [-0.3, -0.25) is 4.79 Å². The molecule has 0 bridgehead atoms. The summed E-state index contributed by atoms with van der Waals surface area (Å²) >= 11 is 0. The SMILES string of the molecule is CCCC(N)C(=O)N(C)Cc1ccc(O)cc1. The summed E-state index contributed by atoms with van der Waals surface area (Å²) in [6.45, 7) is 2.52. The van der Waals surface area contributed by atoms with Gasteiger partial charge in [0.25, 0.3) is 0 Å². The van der Waals surface area contributed by atoms with Crippen LogP contribution in [0, 0.1) is 0 Å². The minimum atomic E-state index is -0.415. The van der Waals surface area contributed by atoms with Crippen molar-refractivity contribution in [3.63, 3.8) is 0 Å². The van der Waals surface area contributed by atoms with Gasteiger partial charge in [0.15, 0.2) is 0 Å². The summed E-state index contributed by atoms with van der Waals surface area (Å²) in [5, 5.41) is 9.16. The van der Waals surface area contributed by atoms with Crippen LogP contribution in [0.4, 0.5) is 0 Å². The third-order valence-corrected chi connectivity index (χ3v) is 2.65. The second-order valence-electron chi connectivity index (χ2n) is 4.26. The number of rotatable bonds is 5. The number of phenols is 1. The Morgan fingerprint density at radius 2 is 2.00 bits per heavy atom. The lowest BCUT2D eigenvalue weighted by molar-refractivity contribution is -0.131. The molecule has 4 nitrogen and oxygen atoms in total. The highest BCUT2D eigenvalue weighted by Crippen LogP contribution is 2.11. The van der Waals surface area contributed by atoms with E-state index in [2.05, 4.69) is 0 Å². The fourth-order valence-corrected chi connectivity index (χ4v) is 1.67. The van der Waals surface area contributed by atoms with Crippen LogP contribution in [0.3, 0.4) is 0 Å². The Morgan fingerprint density at radius 3 is 2.53 bits per heavy atom. The Bertz CT molecular complexity index is 362. The Kier molecular flexibility index (Phi) is 4.97. The van der Waals surface area contributed by atoms with E-state index in [1.165, 1.54) is 0 Å². The van der Waals surface area contributed by atoms with Gasteiger partial charge in [0.05, 0.1) is 6.04 Å². The second-order valence-corrected chi connectivity index (χ2v) is 4.26. The van der Waals surface area contributed by atoms with E-state index >= 15 is 0 Å². The van der Waals surface area contributed by atoms with Gasteiger partial charge in [-0.05, 0) is 24.1 Å². The van der Waals surface area contributed by atoms with Gasteiger partial charge >= 0.3 is 0 Å². The van der Waals surface area contributed by atoms with Gasteiger partial charge in [-0.15, -0.1) is 0 Å². The molecule has 4 heteroatoms. The van der Waals surface area contributed by atoms with Gasteiger partial charge < -0.3 is 15.7 Å². The van der Waals surface area contributed by atoms with Gasteiger partial charge in [0, 0.05) is 13.6 Å². The van der Waals surface area contributed by atoms with E-state index in [1.54, 1.807) is 36.2 Å². The molecule has 0 radical (unpaired) electrons. The molecule has 0 aliphatic heterocycles. The van der Waals surface area contributed by atoms with Crippen LogP contribution >= 0.6 is 0 Å². The molecule has 0 aromatic heterocycles. The molecule has 94 valence electrons. The third kappa shape index (κ3) is 4.07. The predicted molar refractivity (Wildman–Crippen MR) is 67.5 cm³/mol. The first kappa shape index (κ1) is 13.5. The first-order valence-corrected chi connectivity index (χ1v) is 5.83. The van der Waals surface area contributed by atoms with Crippen LogP contribution < -0.4 is 5.73 Å². The number of hydrogen-bond acceptors (Lipinski definition) is 3. The van der Waals surface area contributed by atoms with E-state index in [0.29, 0.717) is 13.0 Å². The standard InChI is InChI=1S/C13H20N2O2/c1-3-4-12(14)13(17)15(2)9-10-5-7-11(16)8-6-10/h5-8,12,16H,3-4,9,14H2,1-2H3. The molecule has 1 aromatic rings. The van der Waals surface area contributed by atoms with Crippen molar-refractivity contribution >= 4 is 5.91 Å². The molecular formula is C13H20N2O2. The number of nitrogens with two attached hydrogens (primary N) is 1. The van der Waals surface area contributed by atoms with Crippen molar-refractivity contribution in [2.75, 3.05) is 7.05 Å². The molecule has 1 unspecified atom stereocenters. The minimum absolute atomic E-state index is 0.0417. The van der Waals surface area contributed by atoms with E-state index in [-0.39, 0.29) is 11.7 Å². The first-order chi connectivity index (χ1) is 8.04. The predicted octanol–water partition coefficient (Wildman–Crippen LogP) is 1.48. The van der Waals surface area contributed by atoms with Crippen LogP contribution in [-0.2, 0) is 11.3 Å². The number of amides is 1. The number of likely N-dealkylation sites (N-methyl/N-ethyl adjacent to an activating group) is 1. The van der Waals surface area contributed by atoms with Gasteiger partial charge in [-0.1, -0.05) is 25.5 Å². The molecule has 0 saturated heterocycles. The fourth-order valence-electron chi connectivity index (χ4n) is 1.67. The quantitative estimate of drug-likeness (QED) is 0.813. The third-order valence-electron chi connectivity index (χ3n) is 2.65. The molecule has 0 saturated carbocycles. The summed E-state index contributed by atoms with van der Waals surface area (Å²) in [6, 6.07) is 6.40. The van der Waals surface area contributed by atoms with E-state index < -0.39 is 6.04 Å². The van der Waals surface area contributed by atoms with Crippen LogP contribution in [0.15, 0.2) is 24.3 Å². The maximum absolute atomic E-state index is 11.9. The molecule has 1 amide bonds. The summed E-state index contributed by atoms with van der Waals surface area (Å²) in [5.41, 5.74) is 6.75. The molecule has 0 aliphatic carbocycles.